The van der Waals surface area contributed by atoms with Gasteiger partial charge < -0.3 is 65.1 Å². The second kappa shape index (κ2) is 44.5. The van der Waals surface area contributed by atoms with Crippen molar-refractivity contribution in [2.45, 2.75) is 274 Å². The number of unbranched alkanes of at least 4 members (excludes halogenated alkanes) is 21. The number of aliphatic hydroxyl groups excluding tert-OH is 8. The molecule has 14 nitrogen and oxygen atoms in total. The molecule has 0 radical (unpaired) electrons. The van der Waals surface area contributed by atoms with Crippen molar-refractivity contribution in [2.24, 2.45) is 0 Å². The summed E-state index contributed by atoms with van der Waals surface area (Å²) < 4.78 is 22.7. The number of ether oxygens (including phenoxy) is 4. The Morgan fingerprint density at radius 1 is 0.507 bits per heavy atom. The highest BCUT2D eigenvalue weighted by Crippen LogP contribution is 2.30. The molecule has 0 aromatic carbocycles. The Morgan fingerprint density at radius 3 is 1.45 bits per heavy atom. The second-order valence-corrected chi connectivity index (χ2v) is 20.0. The van der Waals surface area contributed by atoms with Crippen LogP contribution >= 0.6 is 0 Å². The normalized spacial score (nSPS) is 25.9. The zero-order chi connectivity index (χ0) is 53.2. The summed E-state index contributed by atoms with van der Waals surface area (Å²) in [6.07, 6.45) is 40.8. The SMILES string of the molecule is CC/C=C\C/C=C\C/C=C\C/C=C\C/C=C\CCCCCCCCCCCCCC(=O)NC(COC1OC(CO)C(OC2OC(CO)C(O)C(O)C2O)C(O)C1O)C(O)/C=C/CCCCCCCCCCCC. The summed E-state index contributed by atoms with van der Waals surface area (Å²) in [6, 6.07) is -0.918. The van der Waals surface area contributed by atoms with E-state index in [2.05, 4.69) is 79.9 Å². The van der Waals surface area contributed by atoms with Crippen molar-refractivity contribution in [3.05, 3.63) is 72.9 Å². The van der Waals surface area contributed by atoms with Crippen molar-refractivity contribution < 1.29 is 64.6 Å². The number of hydrogen-bond acceptors (Lipinski definition) is 13. The maximum atomic E-state index is 13.2. The Kier molecular flexibility index (Phi) is 40.6. The fourth-order valence-electron chi connectivity index (χ4n) is 9.02. The highest BCUT2D eigenvalue weighted by atomic mass is 16.7. The fourth-order valence-corrected chi connectivity index (χ4v) is 9.02. The number of aliphatic hydroxyl groups is 8. The molecular weight excluding hydrogens is 931 g/mol. The lowest BCUT2D eigenvalue weighted by molar-refractivity contribution is -0.359. The first kappa shape index (κ1) is 66.5. The molecule has 0 aromatic heterocycles. The van der Waals surface area contributed by atoms with Crippen LogP contribution in [0.25, 0.3) is 0 Å². The van der Waals surface area contributed by atoms with Gasteiger partial charge in [-0.3, -0.25) is 4.79 Å². The smallest absolute Gasteiger partial charge is 0.220 e. The molecule has 2 aliphatic rings. The van der Waals surface area contributed by atoms with Gasteiger partial charge in [0.25, 0.3) is 0 Å². The molecular formula is C59H103NO13. The quantitative estimate of drug-likeness (QED) is 0.0205. The van der Waals surface area contributed by atoms with E-state index in [-0.39, 0.29) is 18.9 Å². The van der Waals surface area contributed by atoms with Crippen LogP contribution in [0.1, 0.15) is 200 Å². The molecule has 2 aliphatic heterocycles. The van der Waals surface area contributed by atoms with Crippen LogP contribution in [0.4, 0.5) is 0 Å². The first-order valence-electron chi connectivity index (χ1n) is 28.7. The summed E-state index contributed by atoms with van der Waals surface area (Å²) >= 11 is 0. The Balaban J connectivity index is 1.72. The average Bonchev–Trinajstić information content (AvgIpc) is 3.39. The number of rotatable bonds is 44. The lowest BCUT2D eigenvalue weighted by Gasteiger charge is -2.46. The number of carbonyl (C=O) groups excluding carboxylic acids is 1. The van der Waals surface area contributed by atoms with Crippen molar-refractivity contribution >= 4 is 5.91 Å². The van der Waals surface area contributed by atoms with Gasteiger partial charge in [-0.1, -0.05) is 202 Å². The van der Waals surface area contributed by atoms with E-state index in [4.69, 9.17) is 18.9 Å². The molecule has 0 aliphatic carbocycles. The van der Waals surface area contributed by atoms with Crippen LogP contribution < -0.4 is 5.32 Å². The molecule has 12 atom stereocenters. The molecule has 0 bridgehead atoms. The summed E-state index contributed by atoms with van der Waals surface area (Å²) in [6.45, 7) is 2.66. The van der Waals surface area contributed by atoms with Gasteiger partial charge in [0, 0.05) is 6.42 Å². The monoisotopic (exact) mass is 1030 g/mol. The van der Waals surface area contributed by atoms with Crippen molar-refractivity contribution in [3.8, 4) is 0 Å². The molecule has 2 heterocycles. The van der Waals surface area contributed by atoms with Gasteiger partial charge in [-0.25, -0.2) is 0 Å². The van der Waals surface area contributed by atoms with Crippen LogP contribution in [0.5, 0.6) is 0 Å². The third-order valence-electron chi connectivity index (χ3n) is 13.6. The summed E-state index contributed by atoms with van der Waals surface area (Å²) in [4.78, 5) is 13.2. The van der Waals surface area contributed by atoms with Crippen LogP contribution in [0.2, 0.25) is 0 Å². The number of allylic oxidation sites excluding steroid dienone is 11. The largest absolute Gasteiger partial charge is 0.394 e. The standard InChI is InChI=1S/C59H103NO13/c1-3-5-7-9-11-13-15-17-18-19-20-21-22-23-24-25-26-27-28-29-30-31-33-35-37-39-41-43-51(64)60-47(48(63)42-40-38-36-34-32-16-14-12-10-8-6-4-2)46-70-58-56(69)54(67)57(50(45-62)72-58)73-59-55(68)53(66)52(65)49(44-61)71-59/h5,7,11,13,17-18,20-21,23-24,40,42,47-50,52-59,61-63,65-69H,3-4,6,8-10,12,14-16,19,22,25-39,41,43-46H2,1-2H3,(H,60,64)/b7-5-,13-11-,18-17-,21-20-,24-23-,42-40+. The molecule has 1 amide bonds. The van der Waals surface area contributed by atoms with Gasteiger partial charge in [-0.05, 0) is 64.2 Å². The summed E-state index contributed by atoms with van der Waals surface area (Å²) in [5.41, 5.74) is 0. The van der Waals surface area contributed by atoms with Crippen LogP contribution in [-0.4, -0.2) is 140 Å². The third-order valence-corrected chi connectivity index (χ3v) is 13.6. The second-order valence-electron chi connectivity index (χ2n) is 20.0. The van der Waals surface area contributed by atoms with E-state index >= 15 is 0 Å². The molecule has 0 saturated carbocycles. The molecule has 422 valence electrons. The molecule has 73 heavy (non-hydrogen) atoms. The van der Waals surface area contributed by atoms with Crippen LogP contribution in [0, 0.1) is 0 Å². The average molecular weight is 1030 g/mol. The summed E-state index contributed by atoms with van der Waals surface area (Å²) in [5.74, 6) is -0.247. The molecule has 12 unspecified atom stereocenters. The first-order chi connectivity index (χ1) is 35.6. The lowest BCUT2D eigenvalue weighted by atomic mass is 9.97. The van der Waals surface area contributed by atoms with E-state index in [1.807, 2.05) is 6.08 Å². The zero-order valence-corrected chi connectivity index (χ0v) is 45.1. The Bertz CT molecular complexity index is 1500. The Hall–Kier alpha value is -2.57. The van der Waals surface area contributed by atoms with E-state index in [1.54, 1.807) is 6.08 Å². The van der Waals surface area contributed by atoms with Gasteiger partial charge in [0.1, 0.15) is 48.8 Å². The van der Waals surface area contributed by atoms with Gasteiger partial charge in [0.15, 0.2) is 12.6 Å². The number of nitrogens with one attached hydrogen (secondary N) is 1. The van der Waals surface area contributed by atoms with E-state index in [1.165, 1.54) is 96.3 Å². The predicted octanol–water partition coefficient (Wildman–Crippen LogP) is 9.16. The van der Waals surface area contributed by atoms with Crippen LogP contribution in [0.15, 0.2) is 72.9 Å². The summed E-state index contributed by atoms with van der Waals surface area (Å²) in [5, 5.41) is 86.9. The zero-order valence-electron chi connectivity index (χ0n) is 45.1. The highest BCUT2D eigenvalue weighted by molar-refractivity contribution is 5.76. The summed E-state index contributed by atoms with van der Waals surface area (Å²) in [7, 11) is 0. The molecule has 2 fully saturated rings. The van der Waals surface area contributed by atoms with Crippen LogP contribution in [0.3, 0.4) is 0 Å². The Morgan fingerprint density at radius 2 is 0.945 bits per heavy atom. The third kappa shape index (κ3) is 30.7. The topological polar surface area (TPSA) is 228 Å². The van der Waals surface area contributed by atoms with E-state index in [0.29, 0.717) is 6.42 Å². The van der Waals surface area contributed by atoms with Crippen molar-refractivity contribution in [1.82, 2.24) is 5.32 Å². The number of hydrogen-bond donors (Lipinski definition) is 9. The van der Waals surface area contributed by atoms with Crippen molar-refractivity contribution in [3.63, 3.8) is 0 Å². The van der Waals surface area contributed by atoms with E-state index < -0.39 is 86.8 Å². The fraction of sp³-hybridized carbons (Fsp3) is 0.780. The first-order valence-corrected chi connectivity index (χ1v) is 28.7. The minimum atomic E-state index is -1.79. The van der Waals surface area contributed by atoms with Gasteiger partial charge >= 0.3 is 0 Å². The van der Waals surface area contributed by atoms with E-state index in [0.717, 1.165) is 77.0 Å². The van der Waals surface area contributed by atoms with Crippen molar-refractivity contribution in [1.29, 1.82) is 0 Å². The maximum absolute atomic E-state index is 13.2. The minimum absolute atomic E-state index is 0.247. The lowest BCUT2D eigenvalue weighted by Crippen LogP contribution is -2.65. The molecule has 0 spiro atoms. The molecule has 9 N–H and O–H groups in total. The van der Waals surface area contributed by atoms with Crippen molar-refractivity contribution in [2.75, 3.05) is 19.8 Å². The highest BCUT2D eigenvalue weighted by Gasteiger charge is 2.51. The number of amides is 1. The molecule has 2 saturated heterocycles. The van der Waals surface area contributed by atoms with E-state index in [9.17, 15) is 45.6 Å². The maximum Gasteiger partial charge on any atom is 0.220 e. The van der Waals surface area contributed by atoms with Gasteiger partial charge in [0.05, 0.1) is 32.0 Å². The van der Waals surface area contributed by atoms with Gasteiger partial charge in [0.2, 0.25) is 5.91 Å². The van der Waals surface area contributed by atoms with Gasteiger partial charge in [-0.15, -0.1) is 0 Å². The molecule has 0 aromatic rings. The molecule has 2 rings (SSSR count). The predicted molar refractivity (Wildman–Crippen MR) is 290 cm³/mol. The van der Waals surface area contributed by atoms with Crippen LogP contribution in [-0.2, 0) is 23.7 Å². The number of carbonyl (C=O) groups is 1. The van der Waals surface area contributed by atoms with Gasteiger partial charge in [-0.2, -0.15) is 0 Å². The Labute approximate surface area is 440 Å². The minimum Gasteiger partial charge on any atom is -0.394 e. The molecule has 14 heteroatoms.